The molecule has 0 saturated heterocycles. The van der Waals surface area contributed by atoms with Gasteiger partial charge in [0.1, 0.15) is 11.1 Å². The number of carboxylic acid groups (broad SMARTS) is 1. The summed E-state index contributed by atoms with van der Waals surface area (Å²) in [5, 5.41) is 10.7. The molecule has 14 heavy (non-hydrogen) atoms. The lowest BCUT2D eigenvalue weighted by Gasteiger charge is -2.05. The van der Waals surface area contributed by atoms with E-state index in [9.17, 15) is 9.18 Å². The molecule has 0 bridgehead atoms. The van der Waals surface area contributed by atoms with E-state index in [-0.39, 0.29) is 12.4 Å². The van der Waals surface area contributed by atoms with Crippen LogP contribution in [0.5, 0.6) is 0 Å². The largest absolute Gasteiger partial charge is 0.480 e. The standard InChI is InChI=1S/C7H5Br2FN2O2/c8-3-1-4(10)7(12-6(3)9)11-2-5(13)14/h1H,2H2,(H,11,12)(H,13,14). The SMILES string of the molecule is O=C(O)CNc1nc(Br)c(Br)cc1F. The van der Waals surface area contributed by atoms with Crippen LogP contribution in [0.2, 0.25) is 0 Å². The number of nitrogens with zero attached hydrogens (tertiary/aromatic N) is 1. The highest BCUT2D eigenvalue weighted by atomic mass is 79.9. The molecule has 76 valence electrons. The number of halogens is 3. The van der Waals surface area contributed by atoms with Gasteiger partial charge in [-0.05, 0) is 37.9 Å². The van der Waals surface area contributed by atoms with Gasteiger partial charge in [0.2, 0.25) is 0 Å². The Morgan fingerprint density at radius 2 is 2.29 bits per heavy atom. The zero-order chi connectivity index (χ0) is 10.7. The summed E-state index contributed by atoms with van der Waals surface area (Å²) in [5.74, 6) is -1.78. The molecule has 1 aromatic heterocycles. The highest BCUT2D eigenvalue weighted by molar-refractivity contribution is 9.13. The monoisotopic (exact) mass is 326 g/mol. The smallest absolute Gasteiger partial charge is 0.322 e. The Balaban J connectivity index is 2.87. The molecule has 0 aromatic carbocycles. The minimum Gasteiger partial charge on any atom is -0.480 e. The summed E-state index contributed by atoms with van der Waals surface area (Å²) in [4.78, 5) is 14.0. The van der Waals surface area contributed by atoms with E-state index in [1.807, 2.05) is 0 Å². The van der Waals surface area contributed by atoms with Crippen LogP contribution in [0.4, 0.5) is 10.2 Å². The summed E-state index contributed by atoms with van der Waals surface area (Å²) in [6.07, 6.45) is 0. The fourth-order valence-corrected chi connectivity index (χ4v) is 1.31. The molecule has 0 spiro atoms. The van der Waals surface area contributed by atoms with E-state index >= 15 is 0 Å². The van der Waals surface area contributed by atoms with Crippen molar-refractivity contribution in [1.82, 2.24) is 4.98 Å². The van der Waals surface area contributed by atoms with Crippen LogP contribution in [0.25, 0.3) is 0 Å². The first-order valence-electron chi connectivity index (χ1n) is 3.48. The third-order valence-corrected chi connectivity index (χ3v) is 3.03. The number of pyridine rings is 1. The third-order valence-electron chi connectivity index (χ3n) is 1.29. The van der Waals surface area contributed by atoms with E-state index in [4.69, 9.17) is 5.11 Å². The molecule has 0 unspecified atom stereocenters. The van der Waals surface area contributed by atoms with Crippen molar-refractivity contribution >= 4 is 43.6 Å². The van der Waals surface area contributed by atoms with Gasteiger partial charge < -0.3 is 10.4 Å². The summed E-state index contributed by atoms with van der Waals surface area (Å²) in [6, 6.07) is 1.20. The van der Waals surface area contributed by atoms with Crippen LogP contribution < -0.4 is 5.32 Å². The molecule has 0 amide bonds. The van der Waals surface area contributed by atoms with Gasteiger partial charge in [-0.1, -0.05) is 0 Å². The number of anilines is 1. The summed E-state index contributed by atoms with van der Waals surface area (Å²) < 4.78 is 14.0. The second-order valence-corrected chi connectivity index (χ2v) is 3.94. The Hall–Kier alpha value is -0.690. The second kappa shape index (κ2) is 4.70. The first kappa shape index (κ1) is 11.4. The molecule has 0 saturated carbocycles. The number of nitrogens with one attached hydrogen (secondary N) is 1. The molecule has 7 heteroatoms. The summed E-state index contributed by atoms with van der Waals surface area (Å²) in [5.41, 5.74) is 0. The predicted octanol–water partition coefficient (Wildman–Crippen LogP) is 2.24. The van der Waals surface area contributed by atoms with Gasteiger partial charge in [-0.2, -0.15) is 0 Å². The van der Waals surface area contributed by atoms with Crippen molar-refractivity contribution in [1.29, 1.82) is 0 Å². The molecule has 0 aliphatic carbocycles. The van der Waals surface area contributed by atoms with Crippen molar-refractivity contribution in [3.05, 3.63) is 21.0 Å². The maximum Gasteiger partial charge on any atom is 0.322 e. The number of hydrogen-bond donors (Lipinski definition) is 2. The molecule has 0 aliphatic rings. The Morgan fingerprint density at radius 1 is 1.64 bits per heavy atom. The minimum atomic E-state index is -1.08. The van der Waals surface area contributed by atoms with Gasteiger partial charge in [-0.3, -0.25) is 4.79 Å². The molecule has 0 radical (unpaired) electrons. The van der Waals surface area contributed by atoms with Gasteiger partial charge >= 0.3 is 5.97 Å². The first-order chi connectivity index (χ1) is 6.50. The summed E-state index contributed by atoms with van der Waals surface area (Å²) in [7, 11) is 0. The Bertz CT molecular complexity index is 373. The third kappa shape index (κ3) is 2.91. The highest BCUT2D eigenvalue weighted by Crippen LogP contribution is 2.24. The lowest BCUT2D eigenvalue weighted by molar-refractivity contribution is -0.134. The zero-order valence-electron chi connectivity index (χ0n) is 6.72. The van der Waals surface area contributed by atoms with Crippen LogP contribution >= 0.6 is 31.9 Å². The summed E-state index contributed by atoms with van der Waals surface area (Å²) >= 11 is 6.14. The van der Waals surface area contributed by atoms with Crippen molar-refractivity contribution in [2.24, 2.45) is 0 Å². The Labute approximate surface area is 95.8 Å². The molecular formula is C7H5Br2FN2O2. The number of carbonyl (C=O) groups is 1. The van der Waals surface area contributed by atoms with Crippen molar-refractivity contribution < 1.29 is 14.3 Å². The highest BCUT2D eigenvalue weighted by Gasteiger charge is 2.08. The Kier molecular flexibility index (Phi) is 3.82. The minimum absolute atomic E-state index is 0.0949. The van der Waals surface area contributed by atoms with E-state index in [2.05, 4.69) is 42.2 Å². The van der Waals surface area contributed by atoms with Gasteiger partial charge in [0.25, 0.3) is 0 Å². The fourth-order valence-electron chi connectivity index (χ4n) is 0.727. The van der Waals surface area contributed by atoms with Gasteiger partial charge in [0.05, 0.1) is 4.47 Å². The van der Waals surface area contributed by atoms with Crippen LogP contribution in [0.3, 0.4) is 0 Å². The second-order valence-electron chi connectivity index (χ2n) is 2.34. The van der Waals surface area contributed by atoms with Gasteiger partial charge in [0.15, 0.2) is 11.6 Å². The number of aromatic nitrogens is 1. The van der Waals surface area contributed by atoms with E-state index in [0.717, 1.165) is 0 Å². The van der Waals surface area contributed by atoms with Crippen LogP contribution in [-0.2, 0) is 4.79 Å². The zero-order valence-corrected chi connectivity index (χ0v) is 9.89. The average molecular weight is 328 g/mol. The normalized spacial score (nSPS) is 9.93. The van der Waals surface area contributed by atoms with E-state index in [1.165, 1.54) is 6.07 Å². The topological polar surface area (TPSA) is 62.2 Å². The van der Waals surface area contributed by atoms with Crippen LogP contribution in [0.1, 0.15) is 0 Å². The predicted molar refractivity (Wildman–Crippen MR) is 55.7 cm³/mol. The molecule has 1 heterocycles. The van der Waals surface area contributed by atoms with Gasteiger partial charge in [-0.15, -0.1) is 0 Å². The van der Waals surface area contributed by atoms with Gasteiger partial charge in [0, 0.05) is 0 Å². The molecule has 1 aromatic rings. The van der Waals surface area contributed by atoms with E-state index in [1.54, 1.807) is 0 Å². The lowest BCUT2D eigenvalue weighted by atomic mass is 10.4. The number of rotatable bonds is 3. The first-order valence-corrected chi connectivity index (χ1v) is 5.06. The number of carboxylic acids is 1. The van der Waals surface area contributed by atoms with Gasteiger partial charge in [-0.25, -0.2) is 9.37 Å². The van der Waals surface area contributed by atoms with Crippen molar-refractivity contribution in [3.63, 3.8) is 0 Å². The van der Waals surface area contributed by atoms with Crippen molar-refractivity contribution in [2.75, 3.05) is 11.9 Å². The molecule has 2 N–H and O–H groups in total. The maximum atomic E-state index is 13.1. The maximum absolute atomic E-state index is 13.1. The van der Waals surface area contributed by atoms with Crippen LogP contribution in [0, 0.1) is 5.82 Å². The van der Waals surface area contributed by atoms with Crippen molar-refractivity contribution in [2.45, 2.75) is 0 Å². The Morgan fingerprint density at radius 3 is 2.86 bits per heavy atom. The quantitative estimate of drug-likeness (QED) is 0.836. The van der Waals surface area contributed by atoms with E-state index in [0.29, 0.717) is 9.08 Å². The summed E-state index contributed by atoms with van der Waals surface area (Å²) in [6.45, 7) is -0.377. The molecule has 0 atom stereocenters. The van der Waals surface area contributed by atoms with Crippen LogP contribution in [0.15, 0.2) is 15.1 Å². The molecule has 4 nitrogen and oxygen atoms in total. The average Bonchev–Trinajstić information content (AvgIpc) is 2.09. The lowest BCUT2D eigenvalue weighted by Crippen LogP contribution is -2.14. The fraction of sp³-hybridized carbons (Fsp3) is 0.143. The molecule has 0 aliphatic heterocycles. The van der Waals surface area contributed by atoms with Crippen molar-refractivity contribution in [3.8, 4) is 0 Å². The molecule has 1 rings (SSSR count). The molecule has 0 fully saturated rings. The van der Waals surface area contributed by atoms with Crippen LogP contribution in [-0.4, -0.2) is 22.6 Å². The number of aliphatic carboxylic acids is 1. The number of hydrogen-bond acceptors (Lipinski definition) is 3. The van der Waals surface area contributed by atoms with E-state index < -0.39 is 11.8 Å². The molecular weight excluding hydrogens is 323 g/mol.